The predicted octanol–water partition coefficient (Wildman–Crippen LogP) is 5.05. The molecule has 26 heavy (non-hydrogen) atoms. The molecule has 3 aromatic rings. The Kier molecular flexibility index (Phi) is 4.46. The lowest BCUT2D eigenvalue weighted by molar-refractivity contribution is -0.591. The van der Waals surface area contributed by atoms with Crippen LogP contribution in [-0.2, 0) is 0 Å². The van der Waals surface area contributed by atoms with Crippen LogP contribution in [-0.4, -0.2) is 0 Å². The van der Waals surface area contributed by atoms with Gasteiger partial charge in [-0.25, -0.2) is 4.73 Å². The van der Waals surface area contributed by atoms with Crippen molar-refractivity contribution in [3.8, 4) is 0 Å². The molecule has 0 bridgehead atoms. The Bertz CT molecular complexity index is 968. The Labute approximate surface area is 157 Å². The van der Waals surface area contributed by atoms with Crippen LogP contribution in [0.3, 0.4) is 0 Å². The molecule has 0 amide bonds. The van der Waals surface area contributed by atoms with Crippen molar-refractivity contribution < 1.29 is 4.73 Å². The minimum absolute atomic E-state index is 0.0407. The molecule has 1 atom stereocenters. The minimum Gasteiger partial charge on any atom is -0.711 e. The molecule has 1 aliphatic heterocycles. The lowest BCUT2D eigenvalue weighted by Crippen LogP contribution is -2.36. The van der Waals surface area contributed by atoms with Crippen molar-refractivity contribution in [2.24, 2.45) is 0 Å². The van der Waals surface area contributed by atoms with E-state index in [0.717, 1.165) is 21.6 Å². The maximum absolute atomic E-state index is 12.4. The van der Waals surface area contributed by atoms with Gasteiger partial charge in [0, 0.05) is 17.5 Å². The van der Waals surface area contributed by atoms with Crippen LogP contribution >= 0.6 is 11.6 Å². The van der Waals surface area contributed by atoms with E-state index in [9.17, 15) is 5.21 Å². The zero-order valence-corrected chi connectivity index (χ0v) is 14.8. The van der Waals surface area contributed by atoms with Gasteiger partial charge < -0.3 is 5.21 Å². The molecule has 0 fully saturated rings. The minimum atomic E-state index is 0.0407. The van der Waals surface area contributed by atoms with Gasteiger partial charge >= 0.3 is 0 Å². The molecule has 0 radical (unpaired) electrons. The van der Waals surface area contributed by atoms with E-state index in [1.165, 1.54) is 6.20 Å². The SMILES string of the molecule is [O-][n+]1ccccc1N1C(Cl)=CC(c2ccccc2)C=C1c1ccccc1. The van der Waals surface area contributed by atoms with Crippen LogP contribution in [0.15, 0.2) is 102 Å². The molecule has 0 spiro atoms. The van der Waals surface area contributed by atoms with Crippen LogP contribution in [0.25, 0.3) is 5.70 Å². The number of halogens is 1. The van der Waals surface area contributed by atoms with Gasteiger partial charge in [-0.15, -0.1) is 0 Å². The molecular weight excluding hydrogens is 344 g/mol. The van der Waals surface area contributed by atoms with Gasteiger partial charge in [0.15, 0.2) is 5.16 Å². The molecule has 0 aliphatic carbocycles. The fourth-order valence-electron chi connectivity index (χ4n) is 3.16. The van der Waals surface area contributed by atoms with Gasteiger partial charge in [-0.3, -0.25) is 0 Å². The Morgan fingerprint density at radius 1 is 0.808 bits per heavy atom. The predicted molar refractivity (Wildman–Crippen MR) is 105 cm³/mol. The molecule has 4 rings (SSSR count). The van der Waals surface area contributed by atoms with Crippen molar-refractivity contribution >= 4 is 23.1 Å². The third kappa shape index (κ3) is 3.09. The maximum atomic E-state index is 12.4. The number of hydrogen-bond acceptors (Lipinski definition) is 2. The molecule has 128 valence electrons. The molecule has 2 aromatic carbocycles. The number of pyridine rings is 1. The first-order chi connectivity index (χ1) is 12.7. The highest BCUT2D eigenvalue weighted by atomic mass is 35.5. The number of anilines is 1. The molecule has 1 unspecified atom stereocenters. The average molecular weight is 361 g/mol. The fourth-order valence-corrected chi connectivity index (χ4v) is 3.47. The van der Waals surface area contributed by atoms with Crippen LogP contribution in [0.1, 0.15) is 17.0 Å². The summed E-state index contributed by atoms with van der Waals surface area (Å²) >= 11 is 6.67. The summed E-state index contributed by atoms with van der Waals surface area (Å²) in [4.78, 5) is 1.79. The average Bonchev–Trinajstić information content (AvgIpc) is 2.69. The molecule has 0 saturated carbocycles. The van der Waals surface area contributed by atoms with Gasteiger partial charge in [-0.1, -0.05) is 66.7 Å². The van der Waals surface area contributed by atoms with E-state index in [1.807, 2.05) is 60.7 Å². The van der Waals surface area contributed by atoms with Gasteiger partial charge in [0.05, 0.1) is 6.20 Å². The van der Waals surface area contributed by atoms with Gasteiger partial charge in [0.1, 0.15) is 5.70 Å². The lowest BCUT2D eigenvalue weighted by atomic mass is 9.93. The van der Waals surface area contributed by atoms with E-state index < -0.39 is 0 Å². The van der Waals surface area contributed by atoms with Gasteiger partial charge in [0.25, 0.3) is 5.82 Å². The summed E-state index contributed by atoms with van der Waals surface area (Å²) in [6, 6.07) is 25.5. The van der Waals surface area contributed by atoms with E-state index in [1.54, 1.807) is 17.0 Å². The standard InChI is InChI=1S/C22H17ClN2O/c23-21-16-19(17-9-3-1-4-10-17)15-20(18-11-5-2-6-12-18)25(21)22-13-7-8-14-24(22)26/h1-16,19H. The Hall–Kier alpha value is -3.04. The second-order valence-electron chi connectivity index (χ2n) is 6.06. The van der Waals surface area contributed by atoms with E-state index in [2.05, 4.69) is 18.2 Å². The second-order valence-corrected chi connectivity index (χ2v) is 6.45. The zero-order valence-electron chi connectivity index (χ0n) is 14.0. The van der Waals surface area contributed by atoms with Crippen LogP contribution in [0, 0.1) is 5.21 Å². The summed E-state index contributed by atoms with van der Waals surface area (Å²) in [5.41, 5.74) is 3.05. The highest BCUT2D eigenvalue weighted by molar-refractivity contribution is 6.32. The summed E-state index contributed by atoms with van der Waals surface area (Å²) < 4.78 is 0.829. The van der Waals surface area contributed by atoms with Gasteiger partial charge in [-0.2, -0.15) is 4.90 Å². The van der Waals surface area contributed by atoms with Crippen molar-refractivity contribution in [2.75, 3.05) is 4.90 Å². The number of allylic oxidation sites excluding steroid dienone is 2. The normalized spacial score (nSPS) is 16.8. The molecule has 3 nitrogen and oxygen atoms in total. The quantitative estimate of drug-likeness (QED) is 0.372. The van der Waals surface area contributed by atoms with E-state index in [-0.39, 0.29) is 5.92 Å². The first-order valence-electron chi connectivity index (χ1n) is 8.42. The summed E-state index contributed by atoms with van der Waals surface area (Å²) in [6.45, 7) is 0. The van der Waals surface area contributed by atoms with Crippen LogP contribution in [0.5, 0.6) is 0 Å². The van der Waals surface area contributed by atoms with Gasteiger partial charge in [-0.05, 0) is 35.4 Å². The molecule has 0 N–H and O–H groups in total. The summed E-state index contributed by atoms with van der Waals surface area (Å²) in [5.74, 6) is 0.509. The summed E-state index contributed by atoms with van der Waals surface area (Å²) in [6.07, 6.45) is 5.59. The molecule has 0 saturated heterocycles. The smallest absolute Gasteiger partial charge is 0.290 e. The molecule has 2 heterocycles. The van der Waals surface area contributed by atoms with E-state index >= 15 is 0 Å². The number of hydrogen-bond donors (Lipinski definition) is 0. The van der Waals surface area contributed by atoms with Crippen LogP contribution in [0.4, 0.5) is 5.82 Å². The highest BCUT2D eigenvalue weighted by Gasteiger charge is 2.32. The second kappa shape index (κ2) is 7.06. The zero-order chi connectivity index (χ0) is 17.9. The van der Waals surface area contributed by atoms with Crippen molar-refractivity contribution in [1.82, 2.24) is 0 Å². The van der Waals surface area contributed by atoms with Crippen molar-refractivity contribution in [1.29, 1.82) is 0 Å². The number of aromatic nitrogens is 1. The van der Waals surface area contributed by atoms with Crippen molar-refractivity contribution in [3.63, 3.8) is 0 Å². The van der Waals surface area contributed by atoms with Crippen molar-refractivity contribution in [3.05, 3.63) is 119 Å². The summed E-state index contributed by atoms with van der Waals surface area (Å²) in [7, 11) is 0. The Balaban J connectivity index is 1.87. The fraction of sp³-hybridized carbons (Fsp3) is 0.0455. The monoisotopic (exact) mass is 360 g/mol. The third-order valence-electron chi connectivity index (χ3n) is 4.40. The Morgan fingerprint density at radius 3 is 2.15 bits per heavy atom. The van der Waals surface area contributed by atoms with Gasteiger partial charge in [0.2, 0.25) is 0 Å². The summed E-state index contributed by atoms with van der Waals surface area (Å²) in [5, 5.41) is 12.9. The van der Waals surface area contributed by atoms with Crippen LogP contribution < -0.4 is 9.63 Å². The first kappa shape index (κ1) is 16.4. The maximum Gasteiger partial charge on any atom is 0.290 e. The topological polar surface area (TPSA) is 30.2 Å². The first-order valence-corrected chi connectivity index (χ1v) is 8.79. The van der Waals surface area contributed by atoms with Crippen LogP contribution in [0.2, 0.25) is 0 Å². The molecular formula is C22H17ClN2O. The number of nitrogens with zero attached hydrogens (tertiary/aromatic N) is 2. The van der Waals surface area contributed by atoms with Crippen molar-refractivity contribution in [2.45, 2.75) is 5.92 Å². The number of benzene rings is 2. The third-order valence-corrected chi connectivity index (χ3v) is 4.69. The lowest BCUT2D eigenvalue weighted by Gasteiger charge is -2.27. The molecule has 1 aliphatic rings. The largest absolute Gasteiger partial charge is 0.711 e. The van der Waals surface area contributed by atoms with E-state index in [0.29, 0.717) is 11.0 Å². The van der Waals surface area contributed by atoms with E-state index in [4.69, 9.17) is 11.6 Å². The Morgan fingerprint density at radius 2 is 1.46 bits per heavy atom. The molecule has 4 heteroatoms. The molecule has 1 aromatic heterocycles. The number of rotatable bonds is 3. The highest BCUT2D eigenvalue weighted by Crippen LogP contribution is 2.38.